The summed E-state index contributed by atoms with van der Waals surface area (Å²) in [6.07, 6.45) is 4.94. The van der Waals surface area contributed by atoms with E-state index in [1.54, 1.807) is 6.92 Å². The van der Waals surface area contributed by atoms with E-state index in [2.05, 4.69) is 13.8 Å². The van der Waals surface area contributed by atoms with Gasteiger partial charge in [0.2, 0.25) is 0 Å². The van der Waals surface area contributed by atoms with Crippen LogP contribution in [0.1, 0.15) is 52.9 Å². The number of unbranched alkanes of at least 4 members (excludes halogenated alkanes) is 1. The lowest BCUT2D eigenvalue weighted by Gasteiger charge is -2.22. The molecule has 3 unspecified atom stereocenters. The Hall–Kier alpha value is 0.110. The zero-order valence-corrected chi connectivity index (χ0v) is 11.6. The highest BCUT2D eigenvalue weighted by molar-refractivity contribution is 7.53. The lowest BCUT2D eigenvalue weighted by Crippen LogP contribution is -2.24. The normalized spacial score (nSPS) is 19.1. The molecule has 0 aromatic heterocycles. The van der Waals surface area contributed by atoms with Gasteiger partial charge in [-0.3, -0.25) is 4.57 Å². The van der Waals surface area contributed by atoms with Gasteiger partial charge in [-0.05, 0) is 19.3 Å². The molecule has 0 aromatic carbocycles. The van der Waals surface area contributed by atoms with Gasteiger partial charge >= 0.3 is 7.60 Å². The minimum atomic E-state index is -3.60. The summed E-state index contributed by atoms with van der Waals surface area (Å²) in [7, 11) is -3.60. The topological polar surface area (TPSA) is 72.6 Å². The monoisotopic (exact) mass is 251 g/mol. The maximum Gasteiger partial charge on any atom is 0.344 e. The van der Waals surface area contributed by atoms with Gasteiger partial charge in [0.25, 0.3) is 0 Å². The molecule has 4 nitrogen and oxygen atoms in total. The molecule has 3 atom stereocenters. The van der Waals surface area contributed by atoms with Crippen molar-refractivity contribution < 1.29 is 14.0 Å². The van der Waals surface area contributed by atoms with Crippen molar-refractivity contribution >= 4 is 7.60 Å². The number of nitrogens with two attached hydrogens (primary N) is 1. The van der Waals surface area contributed by atoms with Crippen LogP contribution in [0.2, 0.25) is 0 Å². The Bertz CT molecular complexity index is 223. The van der Waals surface area contributed by atoms with Crippen molar-refractivity contribution in [1.29, 1.82) is 0 Å². The predicted octanol–water partition coefficient (Wildman–Crippen LogP) is 3.10. The maximum absolute atomic E-state index is 11.6. The van der Waals surface area contributed by atoms with E-state index in [9.17, 15) is 9.46 Å². The molecule has 0 amide bonds. The minimum absolute atomic E-state index is 0.229. The van der Waals surface area contributed by atoms with Crippen LogP contribution in [0.3, 0.4) is 0 Å². The van der Waals surface area contributed by atoms with E-state index in [0.717, 1.165) is 25.7 Å². The van der Waals surface area contributed by atoms with Gasteiger partial charge < -0.3 is 15.2 Å². The van der Waals surface area contributed by atoms with Crippen LogP contribution in [-0.4, -0.2) is 17.3 Å². The molecule has 0 aliphatic rings. The summed E-state index contributed by atoms with van der Waals surface area (Å²) in [5.74, 6) is -0.315. The second-order valence-electron chi connectivity index (χ2n) is 4.20. The van der Waals surface area contributed by atoms with Crippen LogP contribution in [0.25, 0.3) is 0 Å². The molecule has 0 spiro atoms. The lowest BCUT2D eigenvalue weighted by molar-refractivity contribution is 0.256. The summed E-state index contributed by atoms with van der Waals surface area (Å²) in [5, 5.41) is 0. The Kier molecular flexibility index (Phi) is 8.29. The summed E-state index contributed by atoms with van der Waals surface area (Å²) in [6.45, 7) is 6.16. The third-order valence-corrected chi connectivity index (χ3v) is 4.53. The van der Waals surface area contributed by atoms with E-state index in [4.69, 9.17) is 10.3 Å². The average molecular weight is 251 g/mol. The zero-order chi connectivity index (χ0) is 12.6. The largest absolute Gasteiger partial charge is 0.344 e. The fourth-order valence-corrected chi connectivity index (χ4v) is 2.86. The summed E-state index contributed by atoms with van der Waals surface area (Å²) in [4.78, 5) is 9.56. The third kappa shape index (κ3) is 6.00. The molecule has 98 valence electrons. The van der Waals surface area contributed by atoms with Crippen molar-refractivity contribution in [3.8, 4) is 0 Å². The predicted molar refractivity (Wildman–Crippen MR) is 67.3 cm³/mol. The van der Waals surface area contributed by atoms with E-state index in [1.165, 1.54) is 0 Å². The number of hydrogen-bond acceptors (Lipinski definition) is 3. The Morgan fingerprint density at radius 2 is 2.00 bits per heavy atom. The van der Waals surface area contributed by atoms with Gasteiger partial charge in [-0.1, -0.05) is 39.5 Å². The van der Waals surface area contributed by atoms with Crippen LogP contribution in [0.4, 0.5) is 0 Å². The van der Waals surface area contributed by atoms with E-state index in [0.29, 0.717) is 12.3 Å². The van der Waals surface area contributed by atoms with Gasteiger partial charge in [0.1, 0.15) is 5.78 Å². The Balaban J connectivity index is 4.17. The fourth-order valence-electron chi connectivity index (χ4n) is 1.74. The highest BCUT2D eigenvalue weighted by Crippen LogP contribution is 2.47. The van der Waals surface area contributed by atoms with Crippen LogP contribution in [0, 0.1) is 5.92 Å². The second-order valence-corrected chi connectivity index (χ2v) is 6.25. The van der Waals surface area contributed by atoms with Gasteiger partial charge in [0.05, 0.1) is 6.61 Å². The van der Waals surface area contributed by atoms with Crippen molar-refractivity contribution in [3.05, 3.63) is 0 Å². The molecule has 0 bridgehead atoms. The van der Waals surface area contributed by atoms with Crippen LogP contribution in [-0.2, 0) is 9.09 Å². The maximum atomic E-state index is 11.6. The SMILES string of the molecule is CCCCC(CC)CC(N)P(=O)(O)OCC. The van der Waals surface area contributed by atoms with Gasteiger partial charge in [-0.2, -0.15) is 0 Å². The first-order chi connectivity index (χ1) is 7.47. The van der Waals surface area contributed by atoms with E-state index in [-0.39, 0.29) is 6.61 Å². The number of hydrogen-bond donors (Lipinski definition) is 2. The molecule has 0 aliphatic heterocycles. The molecular weight excluding hydrogens is 225 g/mol. The zero-order valence-electron chi connectivity index (χ0n) is 10.7. The van der Waals surface area contributed by atoms with Crippen molar-refractivity contribution in [2.45, 2.75) is 58.7 Å². The molecule has 3 N–H and O–H groups in total. The highest BCUT2D eigenvalue weighted by Gasteiger charge is 2.30. The molecule has 5 heteroatoms. The van der Waals surface area contributed by atoms with Gasteiger partial charge in [-0.15, -0.1) is 0 Å². The molecule has 0 radical (unpaired) electrons. The van der Waals surface area contributed by atoms with Crippen molar-refractivity contribution in [1.82, 2.24) is 0 Å². The molecule has 0 heterocycles. The van der Waals surface area contributed by atoms with Gasteiger partial charge in [0.15, 0.2) is 0 Å². The van der Waals surface area contributed by atoms with Crippen LogP contribution in [0.15, 0.2) is 0 Å². The van der Waals surface area contributed by atoms with Gasteiger partial charge in [0, 0.05) is 0 Å². The average Bonchev–Trinajstić information content (AvgIpc) is 2.23. The fraction of sp³-hybridized carbons (Fsp3) is 1.00. The van der Waals surface area contributed by atoms with Crippen LogP contribution < -0.4 is 5.73 Å². The van der Waals surface area contributed by atoms with Crippen molar-refractivity contribution in [2.24, 2.45) is 11.7 Å². The smallest absolute Gasteiger partial charge is 0.323 e. The molecule has 0 saturated heterocycles. The highest BCUT2D eigenvalue weighted by atomic mass is 31.2. The minimum Gasteiger partial charge on any atom is -0.323 e. The summed E-state index contributed by atoms with van der Waals surface area (Å²) < 4.78 is 16.5. The second kappa shape index (κ2) is 8.24. The first-order valence-electron chi connectivity index (χ1n) is 6.20. The lowest BCUT2D eigenvalue weighted by atomic mass is 9.96. The molecule has 0 aromatic rings. The molecular formula is C11H26NO3P. The Labute approximate surface area is 99.1 Å². The summed E-state index contributed by atoms with van der Waals surface area (Å²) in [6, 6.07) is 0. The van der Waals surface area contributed by atoms with Crippen molar-refractivity contribution in [2.75, 3.05) is 6.61 Å². The molecule has 0 fully saturated rings. The summed E-state index contributed by atoms with van der Waals surface area (Å²) >= 11 is 0. The van der Waals surface area contributed by atoms with E-state index in [1.807, 2.05) is 0 Å². The van der Waals surface area contributed by atoms with Crippen LogP contribution in [0.5, 0.6) is 0 Å². The summed E-state index contributed by atoms with van der Waals surface area (Å²) in [5.41, 5.74) is 5.75. The standard InChI is InChI=1S/C11H26NO3P/c1-4-7-8-10(5-2)9-11(12)16(13,14)15-6-3/h10-11H,4-9,12H2,1-3H3,(H,13,14). The van der Waals surface area contributed by atoms with E-state index < -0.39 is 13.4 Å². The van der Waals surface area contributed by atoms with Gasteiger partial charge in [-0.25, -0.2) is 0 Å². The van der Waals surface area contributed by atoms with E-state index >= 15 is 0 Å². The van der Waals surface area contributed by atoms with Crippen molar-refractivity contribution in [3.63, 3.8) is 0 Å². The number of rotatable bonds is 9. The molecule has 0 aliphatic carbocycles. The van der Waals surface area contributed by atoms with Crippen LogP contribution >= 0.6 is 7.60 Å². The third-order valence-electron chi connectivity index (χ3n) is 2.85. The Morgan fingerprint density at radius 1 is 1.38 bits per heavy atom. The first kappa shape index (κ1) is 16.1. The molecule has 0 rings (SSSR count). The molecule has 16 heavy (non-hydrogen) atoms. The Morgan fingerprint density at radius 3 is 2.44 bits per heavy atom. The molecule has 0 saturated carbocycles. The first-order valence-corrected chi connectivity index (χ1v) is 7.85. The quantitative estimate of drug-likeness (QED) is 0.617.